The maximum atomic E-state index is 14.2. The highest BCUT2D eigenvalue weighted by molar-refractivity contribution is 5.58. The molecule has 0 atom stereocenters. The van der Waals surface area contributed by atoms with E-state index in [-0.39, 0.29) is 11.4 Å². The van der Waals surface area contributed by atoms with Gasteiger partial charge >= 0.3 is 0 Å². The molecule has 4 rings (SSSR count). The number of benzene rings is 2. The molecule has 3 N–H and O–H groups in total. The van der Waals surface area contributed by atoms with Crippen LogP contribution in [0.3, 0.4) is 0 Å². The molecular weight excluding hydrogens is 359 g/mol. The van der Waals surface area contributed by atoms with Crippen molar-refractivity contribution in [2.75, 3.05) is 19.4 Å². The maximum Gasteiger partial charge on any atom is 0.255 e. The summed E-state index contributed by atoms with van der Waals surface area (Å²) < 4.78 is 19.5. The van der Waals surface area contributed by atoms with Gasteiger partial charge in [0.1, 0.15) is 17.4 Å². The lowest BCUT2D eigenvalue weighted by Gasteiger charge is -2.28. The zero-order valence-electron chi connectivity index (χ0n) is 15.5. The van der Waals surface area contributed by atoms with E-state index in [1.54, 1.807) is 24.3 Å². The molecule has 0 saturated carbocycles. The fraction of sp³-hybridized carbons (Fsp3) is 0.238. The Labute approximate surface area is 161 Å². The lowest BCUT2D eigenvalue weighted by Crippen LogP contribution is -2.35. The van der Waals surface area contributed by atoms with Crippen LogP contribution < -0.4 is 16.0 Å². The molecule has 28 heavy (non-hydrogen) atoms. The Hall–Kier alpha value is -3.19. The predicted molar refractivity (Wildman–Crippen MR) is 105 cm³/mol. The second-order valence-corrected chi connectivity index (χ2v) is 6.84. The molecule has 0 unspecified atom stereocenters. The Bertz CT molecular complexity index is 1060. The average molecular weight is 380 g/mol. The van der Waals surface area contributed by atoms with Gasteiger partial charge in [-0.1, -0.05) is 6.07 Å². The normalized spacial score (nSPS) is 13.9. The van der Waals surface area contributed by atoms with Gasteiger partial charge in [0.15, 0.2) is 0 Å². The highest BCUT2D eigenvalue weighted by atomic mass is 19.1. The Morgan fingerprint density at radius 3 is 2.79 bits per heavy atom. The number of rotatable bonds is 4. The van der Waals surface area contributed by atoms with E-state index < -0.39 is 0 Å². The topological polar surface area (TPSA) is 84.2 Å². The minimum atomic E-state index is -0.309. The zero-order chi connectivity index (χ0) is 19.7. The Balaban J connectivity index is 1.60. The van der Waals surface area contributed by atoms with Crippen molar-refractivity contribution >= 4 is 5.69 Å². The number of hydrogen-bond acceptors (Lipinski definition) is 5. The summed E-state index contributed by atoms with van der Waals surface area (Å²) in [5.74, 6) is 0.736. The molecule has 1 aliphatic rings. The minimum absolute atomic E-state index is 0.165. The van der Waals surface area contributed by atoms with Crippen LogP contribution in [0.5, 0.6) is 5.75 Å². The molecule has 6 nitrogen and oxygen atoms in total. The van der Waals surface area contributed by atoms with Crippen molar-refractivity contribution in [2.45, 2.75) is 19.5 Å². The maximum absolute atomic E-state index is 14.2. The number of halogens is 1. The number of ether oxygens (including phenoxy) is 1. The van der Waals surface area contributed by atoms with Gasteiger partial charge in [-0.2, -0.15) is 0 Å². The van der Waals surface area contributed by atoms with Crippen LogP contribution in [0.4, 0.5) is 10.1 Å². The van der Waals surface area contributed by atoms with Gasteiger partial charge in [-0.25, -0.2) is 9.37 Å². The van der Waals surface area contributed by atoms with Crippen molar-refractivity contribution < 1.29 is 9.13 Å². The summed E-state index contributed by atoms with van der Waals surface area (Å²) in [7, 11) is 1.52. The van der Waals surface area contributed by atoms with Crippen molar-refractivity contribution in [2.24, 2.45) is 0 Å². The first-order valence-corrected chi connectivity index (χ1v) is 9.07. The van der Waals surface area contributed by atoms with E-state index in [9.17, 15) is 9.18 Å². The van der Waals surface area contributed by atoms with Crippen LogP contribution in [0.15, 0.2) is 47.3 Å². The lowest BCUT2D eigenvalue weighted by molar-refractivity contribution is 0.234. The van der Waals surface area contributed by atoms with Gasteiger partial charge in [-0.15, -0.1) is 0 Å². The summed E-state index contributed by atoms with van der Waals surface area (Å²) in [4.78, 5) is 22.2. The van der Waals surface area contributed by atoms with Gasteiger partial charge in [0.2, 0.25) is 0 Å². The third kappa shape index (κ3) is 3.48. The Kier molecular flexibility index (Phi) is 4.83. The molecule has 144 valence electrons. The third-order valence-corrected chi connectivity index (χ3v) is 5.01. The van der Waals surface area contributed by atoms with Gasteiger partial charge < -0.3 is 15.5 Å². The van der Waals surface area contributed by atoms with Crippen molar-refractivity contribution in [3.8, 4) is 17.1 Å². The van der Waals surface area contributed by atoms with Crippen molar-refractivity contribution in [3.63, 3.8) is 0 Å². The van der Waals surface area contributed by atoms with Gasteiger partial charge in [0.25, 0.3) is 5.56 Å². The molecule has 0 spiro atoms. The first kappa shape index (κ1) is 18.2. The number of H-pyrrole nitrogens is 1. The highest BCUT2D eigenvalue weighted by Crippen LogP contribution is 2.26. The van der Waals surface area contributed by atoms with E-state index in [0.717, 1.165) is 11.3 Å². The molecule has 0 fully saturated rings. The molecular formula is C21H21FN4O2. The van der Waals surface area contributed by atoms with E-state index in [1.165, 1.54) is 13.2 Å². The molecule has 2 heterocycles. The number of aromatic amines is 1. The number of fused-ring (bicyclic) bond motifs is 1. The summed E-state index contributed by atoms with van der Waals surface area (Å²) in [6.07, 6.45) is 0.623. The average Bonchev–Trinajstić information content (AvgIpc) is 2.70. The SMILES string of the molecule is COc1cccc(F)c1CN1CCc2nc(-c3ccc(N)cc3)[nH]c(=O)c2C1. The second kappa shape index (κ2) is 7.44. The smallest absolute Gasteiger partial charge is 0.255 e. The molecule has 0 radical (unpaired) electrons. The first-order chi connectivity index (χ1) is 13.5. The molecule has 0 amide bonds. The number of nitrogens with zero attached hydrogens (tertiary/aromatic N) is 2. The van der Waals surface area contributed by atoms with Crippen LogP contribution in [0.1, 0.15) is 16.8 Å². The molecule has 1 aromatic heterocycles. The van der Waals surface area contributed by atoms with E-state index >= 15 is 0 Å². The van der Waals surface area contributed by atoms with E-state index in [0.29, 0.717) is 54.4 Å². The minimum Gasteiger partial charge on any atom is -0.496 e. The largest absolute Gasteiger partial charge is 0.496 e. The predicted octanol–water partition coefficient (Wildman–Crippen LogP) is 2.73. The standard InChI is InChI=1S/C21H21FN4O2/c1-28-19-4-2-3-17(22)15(19)11-26-10-9-18-16(12-26)21(27)25-20(24-18)13-5-7-14(23)8-6-13/h2-8H,9-12,23H2,1H3,(H,24,25,27). The fourth-order valence-electron chi connectivity index (χ4n) is 3.50. The number of nitrogen functional groups attached to an aromatic ring is 1. The molecule has 7 heteroatoms. The molecule has 3 aromatic rings. The summed E-state index contributed by atoms with van der Waals surface area (Å²) in [6, 6.07) is 12.0. The fourth-order valence-corrected chi connectivity index (χ4v) is 3.50. The first-order valence-electron chi connectivity index (χ1n) is 9.07. The van der Waals surface area contributed by atoms with Gasteiger partial charge in [0, 0.05) is 42.9 Å². The molecule has 0 aliphatic carbocycles. The van der Waals surface area contributed by atoms with Crippen molar-refractivity contribution in [1.82, 2.24) is 14.9 Å². The summed E-state index contributed by atoms with van der Waals surface area (Å²) in [5, 5.41) is 0. The van der Waals surface area contributed by atoms with Crippen LogP contribution in [0.25, 0.3) is 11.4 Å². The quantitative estimate of drug-likeness (QED) is 0.680. The van der Waals surface area contributed by atoms with Crippen molar-refractivity contribution in [1.29, 1.82) is 0 Å². The van der Waals surface area contributed by atoms with E-state index in [4.69, 9.17) is 10.5 Å². The van der Waals surface area contributed by atoms with Gasteiger partial charge in [0.05, 0.1) is 18.4 Å². The molecule has 0 bridgehead atoms. The van der Waals surface area contributed by atoms with Crippen LogP contribution in [-0.4, -0.2) is 28.5 Å². The van der Waals surface area contributed by atoms with E-state index in [2.05, 4.69) is 9.97 Å². The van der Waals surface area contributed by atoms with Gasteiger partial charge in [-0.3, -0.25) is 9.69 Å². The summed E-state index contributed by atoms with van der Waals surface area (Å²) in [5.41, 5.74) is 8.93. The van der Waals surface area contributed by atoms with Crippen LogP contribution >= 0.6 is 0 Å². The number of nitrogens with two attached hydrogens (primary N) is 1. The second-order valence-electron chi connectivity index (χ2n) is 6.84. The Morgan fingerprint density at radius 1 is 1.25 bits per heavy atom. The molecule has 0 saturated heterocycles. The van der Waals surface area contributed by atoms with E-state index in [1.807, 2.05) is 17.0 Å². The number of hydrogen-bond donors (Lipinski definition) is 2. The summed E-state index contributed by atoms with van der Waals surface area (Å²) >= 11 is 0. The number of aromatic nitrogens is 2. The monoisotopic (exact) mass is 380 g/mol. The molecule has 1 aliphatic heterocycles. The summed E-state index contributed by atoms with van der Waals surface area (Å²) in [6.45, 7) is 1.47. The number of nitrogens with one attached hydrogen (secondary N) is 1. The molecule has 2 aromatic carbocycles. The lowest BCUT2D eigenvalue weighted by atomic mass is 10.0. The zero-order valence-corrected chi connectivity index (χ0v) is 15.5. The van der Waals surface area contributed by atoms with Crippen LogP contribution in [-0.2, 0) is 19.5 Å². The Morgan fingerprint density at radius 2 is 2.04 bits per heavy atom. The van der Waals surface area contributed by atoms with Crippen molar-refractivity contribution in [3.05, 3.63) is 75.5 Å². The highest BCUT2D eigenvalue weighted by Gasteiger charge is 2.23. The number of anilines is 1. The van der Waals surface area contributed by atoms with Gasteiger partial charge in [-0.05, 0) is 36.4 Å². The van der Waals surface area contributed by atoms with Crippen LogP contribution in [0, 0.1) is 5.82 Å². The number of methoxy groups -OCH3 is 1. The third-order valence-electron chi connectivity index (χ3n) is 5.01. The van der Waals surface area contributed by atoms with Crippen LogP contribution in [0.2, 0.25) is 0 Å².